The number of esters is 1. The number of fused-ring (bicyclic) bond motifs is 1. The second kappa shape index (κ2) is 8.53. The summed E-state index contributed by atoms with van der Waals surface area (Å²) in [6.45, 7) is 0.298. The van der Waals surface area contributed by atoms with Crippen LogP contribution in [0.4, 0.5) is 0 Å². The fourth-order valence-corrected chi connectivity index (χ4v) is 4.36. The van der Waals surface area contributed by atoms with Gasteiger partial charge in [-0.2, -0.15) is 4.98 Å². The van der Waals surface area contributed by atoms with Crippen molar-refractivity contribution in [3.8, 4) is 5.88 Å². The Morgan fingerprint density at radius 3 is 2.31 bits per heavy atom. The Hall–Kier alpha value is -3.06. The van der Waals surface area contributed by atoms with Gasteiger partial charge in [-0.15, -0.1) is 0 Å². The van der Waals surface area contributed by atoms with Crippen molar-refractivity contribution in [3.05, 3.63) is 87.7 Å². The van der Waals surface area contributed by atoms with Crippen molar-refractivity contribution in [3.63, 3.8) is 0 Å². The highest BCUT2D eigenvalue weighted by molar-refractivity contribution is 7.99. The van der Waals surface area contributed by atoms with Gasteiger partial charge < -0.3 is 9.47 Å². The Balaban J connectivity index is 1.92. The molecule has 0 atom stereocenters. The molecule has 29 heavy (non-hydrogen) atoms. The third-order valence-corrected chi connectivity index (χ3v) is 5.75. The van der Waals surface area contributed by atoms with E-state index in [-0.39, 0.29) is 24.0 Å². The molecule has 0 amide bonds. The van der Waals surface area contributed by atoms with Crippen LogP contribution in [0.3, 0.4) is 0 Å². The number of methoxy groups -OCH3 is 1. The second-order valence-corrected chi connectivity index (χ2v) is 7.60. The van der Waals surface area contributed by atoms with E-state index in [4.69, 9.17) is 4.74 Å². The highest BCUT2D eigenvalue weighted by Gasteiger charge is 2.29. The van der Waals surface area contributed by atoms with Gasteiger partial charge in [0.25, 0.3) is 5.56 Å². The number of thioether (sulfide) groups is 1. The van der Waals surface area contributed by atoms with Gasteiger partial charge >= 0.3 is 5.97 Å². The summed E-state index contributed by atoms with van der Waals surface area (Å²) in [6, 6.07) is 19.5. The summed E-state index contributed by atoms with van der Waals surface area (Å²) in [5, 5.41) is 0.610. The average Bonchev–Trinajstić information content (AvgIpc) is 3.24. The molecule has 4 rings (SSSR count). The van der Waals surface area contributed by atoms with E-state index in [0.29, 0.717) is 17.3 Å². The Labute approximate surface area is 172 Å². The number of nitrogens with zero attached hydrogens (tertiary/aromatic N) is 2. The lowest BCUT2D eigenvalue weighted by Crippen LogP contribution is -2.29. The topological polar surface area (TPSA) is 70.4 Å². The first kappa shape index (κ1) is 19.3. The van der Waals surface area contributed by atoms with Crippen LogP contribution in [0.1, 0.15) is 22.6 Å². The number of hydrogen-bond donors (Lipinski definition) is 0. The van der Waals surface area contributed by atoms with Gasteiger partial charge in [0.1, 0.15) is 0 Å². The Morgan fingerprint density at radius 1 is 1.10 bits per heavy atom. The molecule has 0 saturated carbocycles. The lowest BCUT2D eigenvalue weighted by atomic mass is 9.86. The van der Waals surface area contributed by atoms with Gasteiger partial charge in [0.2, 0.25) is 5.88 Å². The minimum absolute atomic E-state index is 0.141. The molecule has 1 aromatic heterocycles. The van der Waals surface area contributed by atoms with E-state index in [1.807, 2.05) is 60.7 Å². The third-order valence-electron chi connectivity index (χ3n) is 4.79. The van der Waals surface area contributed by atoms with Crippen molar-refractivity contribution in [2.24, 2.45) is 0 Å². The maximum atomic E-state index is 13.5. The van der Waals surface area contributed by atoms with Crippen LogP contribution in [0.5, 0.6) is 5.88 Å². The molecule has 6 nitrogen and oxygen atoms in total. The number of aromatic nitrogens is 2. The monoisotopic (exact) mass is 408 g/mol. The predicted molar refractivity (Wildman–Crippen MR) is 111 cm³/mol. The van der Waals surface area contributed by atoms with Crippen molar-refractivity contribution in [2.75, 3.05) is 19.5 Å². The molecular weight excluding hydrogens is 388 g/mol. The summed E-state index contributed by atoms with van der Waals surface area (Å²) in [6.07, 6.45) is 0. The smallest absolute Gasteiger partial charge is 0.343 e. The predicted octanol–water partition coefficient (Wildman–Crippen LogP) is 3.08. The van der Waals surface area contributed by atoms with Crippen LogP contribution in [0.25, 0.3) is 0 Å². The van der Waals surface area contributed by atoms with Crippen LogP contribution in [0, 0.1) is 0 Å². The zero-order chi connectivity index (χ0) is 20.2. The molecule has 0 unspecified atom stereocenters. The van der Waals surface area contributed by atoms with Gasteiger partial charge in [-0.05, 0) is 11.1 Å². The molecule has 0 bridgehead atoms. The minimum atomic E-state index is -0.526. The van der Waals surface area contributed by atoms with Crippen molar-refractivity contribution in [1.82, 2.24) is 9.55 Å². The first-order chi connectivity index (χ1) is 14.2. The summed E-state index contributed by atoms with van der Waals surface area (Å²) < 4.78 is 12.1. The van der Waals surface area contributed by atoms with Crippen molar-refractivity contribution in [1.29, 1.82) is 0 Å². The normalized spacial score (nSPS) is 12.6. The number of carbonyl (C=O) groups excluding carboxylic acids is 1. The quantitative estimate of drug-likeness (QED) is 0.461. The van der Waals surface area contributed by atoms with Crippen LogP contribution in [-0.4, -0.2) is 35.0 Å². The summed E-state index contributed by atoms with van der Waals surface area (Å²) >= 11 is 1.50. The van der Waals surface area contributed by atoms with Gasteiger partial charge in [0.15, 0.2) is 11.8 Å². The van der Waals surface area contributed by atoms with E-state index in [1.165, 1.54) is 18.9 Å². The van der Waals surface area contributed by atoms with Crippen LogP contribution in [0.2, 0.25) is 0 Å². The van der Waals surface area contributed by atoms with E-state index in [9.17, 15) is 9.59 Å². The first-order valence-corrected chi connectivity index (χ1v) is 10.2. The largest absolute Gasteiger partial charge is 0.466 e. The molecule has 7 heteroatoms. The maximum absolute atomic E-state index is 13.5. The third kappa shape index (κ3) is 3.91. The Kier molecular flexibility index (Phi) is 5.67. The van der Waals surface area contributed by atoms with Gasteiger partial charge in [-0.1, -0.05) is 72.4 Å². The molecular formula is C22H20N2O4S. The standard InChI is InChI=1S/C22H20N2O4S/c1-27-17(25)14-28-20-19(21(26)24-12-13-29-22(24)23-20)18(15-8-4-2-5-9-15)16-10-6-3-7-11-16/h2-11,18H,12-14H2,1H3. The second-order valence-electron chi connectivity index (χ2n) is 6.54. The molecule has 1 aliphatic heterocycles. The van der Waals surface area contributed by atoms with E-state index >= 15 is 0 Å². The first-order valence-electron chi connectivity index (χ1n) is 9.26. The number of ether oxygens (including phenoxy) is 2. The molecule has 3 aromatic rings. The van der Waals surface area contributed by atoms with Crippen LogP contribution < -0.4 is 10.3 Å². The van der Waals surface area contributed by atoms with Crippen LogP contribution >= 0.6 is 11.8 Å². The maximum Gasteiger partial charge on any atom is 0.343 e. The molecule has 0 fully saturated rings. The number of carbonyl (C=O) groups is 1. The van der Waals surface area contributed by atoms with E-state index in [0.717, 1.165) is 16.9 Å². The molecule has 0 spiro atoms. The number of benzene rings is 2. The fourth-order valence-electron chi connectivity index (χ4n) is 3.43. The molecule has 148 valence electrons. The van der Waals surface area contributed by atoms with Crippen molar-refractivity contribution < 1.29 is 14.3 Å². The van der Waals surface area contributed by atoms with E-state index in [2.05, 4.69) is 9.72 Å². The van der Waals surface area contributed by atoms with Gasteiger partial charge in [0, 0.05) is 18.2 Å². The van der Waals surface area contributed by atoms with Crippen LogP contribution in [0.15, 0.2) is 70.6 Å². The molecule has 0 saturated heterocycles. The Morgan fingerprint density at radius 2 is 1.72 bits per heavy atom. The fraction of sp³-hybridized carbons (Fsp3) is 0.227. The average molecular weight is 408 g/mol. The Bertz CT molecular complexity index is 1030. The molecule has 2 heterocycles. The van der Waals surface area contributed by atoms with E-state index < -0.39 is 5.97 Å². The van der Waals surface area contributed by atoms with Crippen LogP contribution in [-0.2, 0) is 16.1 Å². The van der Waals surface area contributed by atoms with Crippen molar-refractivity contribution >= 4 is 17.7 Å². The molecule has 2 aromatic carbocycles. The van der Waals surface area contributed by atoms with Gasteiger partial charge in [-0.3, -0.25) is 9.36 Å². The van der Waals surface area contributed by atoms with E-state index in [1.54, 1.807) is 4.57 Å². The lowest BCUT2D eigenvalue weighted by Gasteiger charge is -2.21. The zero-order valence-electron chi connectivity index (χ0n) is 15.9. The highest BCUT2D eigenvalue weighted by atomic mass is 32.2. The van der Waals surface area contributed by atoms with Crippen molar-refractivity contribution in [2.45, 2.75) is 17.6 Å². The number of hydrogen-bond acceptors (Lipinski definition) is 6. The molecule has 0 aliphatic carbocycles. The summed E-state index contributed by atoms with van der Waals surface area (Å²) in [5.74, 6) is 0.0675. The molecule has 1 aliphatic rings. The minimum Gasteiger partial charge on any atom is -0.466 e. The number of rotatable bonds is 6. The zero-order valence-corrected chi connectivity index (χ0v) is 16.7. The van der Waals surface area contributed by atoms with Gasteiger partial charge in [0.05, 0.1) is 12.7 Å². The highest BCUT2D eigenvalue weighted by Crippen LogP contribution is 2.36. The van der Waals surface area contributed by atoms with Gasteiger partial charge in [-0.25, -0.2) is 4.79 Å². The molecule has 0 N–H and O–H groups in total. The summed E-state index contributed by atoms with van der Waals surface area (Å²) in [7, 11) is 1.30. The summed E-state index contributed by atoms with van der Waals surface area (Å²) in [4.78, 5) is 29.7. The molecule has 0 radical (unpaired) electrons. The SMILES string of the molecule is COC(=O)COc1nc2n(c(=O)c1C(c1ccccc1)c1ccccc1)CCS2. The lowest BCUT2D eigenvalue weighted by molar-refractivity contribution is -0.143. The summed E-state index contributed by atoms with van der Waals surface area (Å²) in [5.41, 5.74) is 2.19.